The molecule has 1 heterocycles. The molecule has 94 valence electrons. The zero-order valence-corrected chi connectivity index (χ0v) is 9.35. The van der Waals surface area contributed by atoms with Crippen LogP contribution in [0.25, 0.3) is 0 Å². The number of hydrogen-bond donors (Lipinski definition) is 2. The molecule has 0 bridgehead atoms. The summed E-state index contributed by atoms with van der Waals surface area (Å²) in [7, 11) is 0. The summed E-state index contributed by atoms with van der Waals surface area (Å²) in [5, 5.41) is 11.5. The van der Waals surface area contributed by atoms with Crippen molar-refractivity contribution in [3.05, 3.63) is 59.4 Å². The van der Waals surface area contributed by atoms with Gasteiger partial charge < -0.3 is 15.5 Å². The molecule has 0 atom stereocenters. The van der Waals surface area contributed by atoms with Crippen molar-refractivity contribution in [1.82, 2.24) is 4.57 Å². The molecule has 0 amide bonds. The van der Waals surface area contributed by atoms with Crippen LogP contribution in [-0.2, 0) is 6.54 Å². The highest BCUT2D eigenvalue weighted by molar-refractivity contribution is 5.95. The summed E-state index contributed by atoms with van der Waals surface area (Å²) >= 11 is 0. The van der Waals surface area contributed by atoms with Crippen molar-refractivity contribution in [3.8, 4) is 0 Å². The molecule has 0 aliphatic rings. The molecule has 1 aromatic heterocycles. The van der Waals surface area contributed by atoms with Crippen LogP contribution in [0.1, 0.15) is 11.3 Å². The van der Waals surface area contributed by atoms with Gasteiger partial charge in [-0.2, -0.15) is 0 Å². The Morgan fingerprint density at radius 3 is 2.50 bits per heavy atom. The quantitative estimate of drug-likeness (QED) is 0.379. The molecule has 0 spiro atoms. The molecule has 0 radical (unpaired) electrons. The molecule has 0 aliphatic heterocycles. The van der Waals surface area contributed by atoms with E-state index in [4.69, 9.17) is 10.9 Å². The lowest BCUT2D eigenvalue weighted by Gasteiger charge is -2.09. The molecule has 0 saturated heterocycles. The smallest absolute Gasteiger partial charge is 0.186 e. The van der Waals surface area contributed by atoms with Crippen LogP contribution in [0.2, 0.25) is 0 Å². The van der Waals surface area contributed by atoms with Gasteiger partial charge in [-0.05, 0) is 24.3 Å². The zero-order valence-electron chi connectivity index (χ0n) is 9.35. The Balaban J connectivity index is 2.38. The fourth-order valence-corrected chi connectivity index (χ4v) is 1.69. The largest absolute Gasteiger partial charge is 0.409 e. The number of oxime groups is 1. The van der Waals surface area contributed by atoms with Crippen LogP contribution in [0.4, 0.5) is 8.78 Å². The molecule has 2 rings (SSSR count). The number of halogens is 2. The van der Waals surface area contributed by atoms with Crippen molar-refractivity contribution >= 4 is 5.84 Å². The van der Waals surface area contributed by atoms with Crippen molar-refractivity contribution in [3.63, 3.8) is 0 Å². The fourth-order valence-electron chi connectivity index (χ4n) is 1.69. The molecule has 6 heteroatoms. The minimum atomic E-state index is -0.630. The molecule has 18 heavy (non-hydrogen) atoms. The highest BCUT2D eigenvalue weighted by atomic mass is 19.1. The SMILES string of the molecule is N/C(=N/O)c1cccn1Cc1c(F)cccc1F. The summed E-state index contributed by atoms with van der Waals surface area (Å²) in [6.07, 6.45) is 1.60. The van der Waals surface area contributed by atoms with Gasteiger partial charge >= 0.3 is 0 Å². The topological polar surface area (TPSA) is 63.5 Å². The lowest BCUT2D eigenvalue weighted by atomic mass is 10.2. The van der Waals surface area contributed by atoms with Gasteiger partial charge in [0.25, 0.3) is 0 Å². The first-order valence-electron chi connectivity index (χ1n) is 5.19. The summed E-state index contributed by atoms with van der Waals surface area (Å²) < 4.78 is 28.5. The summed E-state index contributed by atoms with van der Waals surface area (Å²) in [5.74, 6) is -1.37. The molecule has 3 N–H and O–H groups in total. The maximum atomic E-state index is 13.5. The second-order valence-corrected chi connectivity index (χ2v) is 3.71. The third-order valence-corrected chi connectivity index (χ3v) is 2.59. The normalized spacial score (nSPS) is 11.8. The van der Waals surface area contributed by atoms with E-state index in [0.29, 0.717) is 5.69 Å². The Hall–Kier alpha value is -2.37. The molecule has 0 fully saturated rings. The van der Waals surface area contributed by atoms with Gasteiger partial charge in [-0.3, -0.25) is 0 Å². The Labute approximate surface area is 102 Å². The molecular formula is C12H11F2N3O. The number of aromatic nitrogens is 1. The number of nitrogens with two attached hydrogens (primary N) is 1. The maximum absolute atomic E-state index is 13.5. The van der Waals surface area contributed by atoms with Crippen molar-refractivity contribution in [2.45, 2.75) is 6.54 Å². The van der Waals surface area contributed by atoms with E-state index in [-0.39, 0.29) is 17.9 Å². The number of benzene rings is 1. The van der Waals surface area contributed by atoms with Gasteiger partial charge in [0.05, 0.1) is 12.2 Å². The number of rotatable bonds is 3. The maximum Gasteiger partial charge on any atom is 0.186 e. The molecule has 0 aliphatic carbocycles. The van der Waals surface area contributed by atoms with Gasteiger partial charge in [-0.25, -0.2) is 8.78 Å². The van der Waals surface area contributed by atoms with E-state index in [1.807, 2.05) is 0 Å². The van der Waals surface area contributed by atoms with E-state index in [1.165, 1.54) is 22.8 Å². The van der Waals surface area contributed by atoms with E-state index >= 15 is 0 Å². The minimum Gasteiger partial charge on any atom is -0.409 e. The fraction of sp³-hybridized carbons (Fsp3) is 0.0833. The van der Waals surface area contributed by atoms with Crippen molar-refractivity contribution in [1.29, 1.82) is 0 Å². The van der Waals surface area contributed by atoms with Crippen molar-refractivity contribution in [2.75, 3.05) is 0 Å². The van der Waals surface area contributed by atoms with Crippen LogP contribution < -0.4 is 5.73 Å². The van der Waals surface area contributed by atoms with E-state index in [2.05, 4.69) is 5.16 Å². The molecule has 4 nitrogen and oxygen atoms in total. The van der Waals surface area contributed by atoms with E-state index in [1.54, 1.807) is 18.3 Å². The molecule has 0 unspecified atom stereocenters. The van der Waals surface area contributed by atoms with Crippen LogP contribution in [0.5, 0.6) is 0 Å². The summed E-state index contributed by atoms with van der Waals surface area (Å²) in [4.78, 5) is 0. The van der Waals surface area contributed by atoms with Crippen molar-refractivity contribution < 1.29 is 14.0 Å². The van der Waals surface area contributed by atoms with Crippen LogP contribution in [-0.4, -0.2) is 15.6 Å². The van der Waals surface area contributed by atoms with Crippen molar-refractivity contribution in [2.24, 2.45) is 10.9 Å². The van der Waals surface area contributed by atoms with Crippen LogP contribution in [0.3, 0.4) is 0 Å². The second kappa shape index (κ2) is 4.87. The Kier molecular flexibility index (Phi) is 3.27. The Morgan fingerprint density at radius 1 is 1.22 bits per heavy atom. The number of nitrogens with zero attached hydrogens (tertiary/aromatic N) is 2. The monoisotopic (exact) mass is 251 g/mol. The number of hydrogen-bond acceptors (Lipinski definition) is 2. The van der Waals surface area contributed by atoms with Gasteiger partial charge in [0.2, 0.25) is 0 Å². The van der Waals surface area contributed by atoms with Crippen LogP contribution >= 0.6 is 0 Å². The predicted molar refractivity (Wildman–Crippen MR) is 62.4 cm³/mol. The lowest BCUT2D eigenvalue weighted by molar-refractivity contribution is 0.318. The highest BCUT2D eigenvalue weighted by Crippen LogP contribution is 2.15. The first kappa shape index (κ1) is 12.1. The average Bonchev–Trinajstić information content (AvgIpc) is 2.81. The predicted octanol–water partition coefficient (Wildman–Crippen LogP) is 1.91. The average molecular weight is 251 g/mol. The Morgan fingerprint density at radius 2 is 1.89 bits per heavy atom. The molecule has 1 aromatic carbocycles. The first-order valence-corrected chi connectivity index (χ1v) is 5.19. The molecule has 2 aromatic rings. The van der Waals surface area contributed by atoms with Gasteiger partial charge in [0, 0.05) is 11.8 Å². The second-order valence-electron chi connectivity index (χ2n) is 3.71. The third-order valence-electron chi connectivity index (χ3n) is 2.59. The third kappa shape index (κ3) is 2.17. The highest BCUT2D eigenvalue weighted by Gasteiger charge is 2.12. The molecular weight excluding hydrogens is 240 g/mol. The van der Waals surface area contributed by atoms with E-state index < -0.39 is 11.6 Å². The zero-order chi connectivity index (χ0) is 13.1. The summed E-state index contributed by atoms with van der Waals surface area (Å²) in [5.41, 5.74) is 5.78. The first-order chi connectivity index (χ1) is 8.63. The minimum absolute atomic E-state index is 0.0307. The van der Waals surface area contributed by atoms with E-state index in [9.17, 15) is 8.78 Å². The summed E-state index contributed by atoms with van der Waals surface area (Å²) in [6, 6.07) is 6.91. The molecule has 0 saturated carbocycles. The summed E-state index contributed by atoms with van der Waals surface area (Å²) in [6.45, 7) is -0.0307. The van der Waals surface area contributed by atoms with Crippen LogP contribution in [0.15, 0.2) is 41.7 Å². The van der Waals surface area contributed by atoms with Gasteiger partial charge in [0.15, 0.2) is 5.84 Å². The van der Waals surface area contributed by atoms with Gasteiger partial charge in [-0.1, -0.05) is 11.2 Å². The van der Waals surface area contributed by atoms with Crippen LogP contribution in [0, 0.1) is 11.6 Å². The standard InChI is InChI=1S/C12H11F2N3O/c13-9-3-1-4-10(14)8(9)7-17-6-2-5-11(17)12(15)16-18/h1-6,18H,7H2,(H2,15,16). The van der Waals surface area contributed by atoms with Gasteiger partial charge in [0.1, 0.15) is 11.6 Å². The lowest BCUT2D eigenvalue weighted by Crippen LogP contribution is -2.19. The Bertz CT molecular complexity index is 573. The number of amidine groups is 1. The van der Waals surface area contributed by atoms with Gasteiger partial charge in [-0.15, -0.1) is 0 Å². The van der Waals surface area contributed by atoms with E-state index in [0.717, 1.165) is 0 Å².